The molecule has 108 valence electrons. The maximum absolute atomic E-state index is 11.9. The fourth-order valence-corrected chi connectivity index (χ4v) is 2.11. The van der Waals surface area contributed by atoms with Gasteiger partial charge in [-0.3, -0.25) is 4.79 Å². The predicted octanol–water partition coefficient (Wildman–Crippen LogP) is 1.46. The largest absolute Gasteiger partial charge is 0.355 e. The van der Waals surface area contributed by atoms with Crippen molar-refractivity contribution >= 4 is 5.91 Å². The molecule has 0 saturated carbocycles. The van der Waals surface area contributed by atoms with Gasteiger partial charge in [0.25, 0.3) is 0 Å². The third kappa shape index (κ3) is 7.67. The minimum Gasteiger partial charge on any atom is -0.355 e. The van der Waals surface area contributed by atoms with Gasteiger partial charge in [-0.1, -0.05) is 27.7 Å². The van der Waals surface area contributed by atoms with Gasteiger partial charge in [0.15, 0.2) is 0 Å². The molecule has 0 rings (SSSR count). The van der Waals surface area contributed by atoms with Gasteiger partial charge in [-0.25, -0.2) is 0 Å². The Hall–Kier alpha value is -0.610. The second-order valence-electron chi connectivity index (χ2n) is 5.29. The van der Waals surface area contributed by atoms with Crippen molar-refractivity contribution in [3.05, 3.63) is 0 Å². The topological polar surface area (TPSA) is 58.4 Å². The van der Waals surface area contributed by atoms with E-state index in [2.05, 4.69) is 37.9 Å². The van der Waals surface area contributed by atoms with Crippen LogP contribution in [0.2, 0.25) is 0 Å². The molecule has 0 aromatic heterocycles. The summed E-state index contributed by atoms with van der Waals surface area (Å²) >= 11 is 0. The first-order valence-corrected chi connectivity index (χ1v) is 7.25. The highest BCUT2D eigenvalue weighted by Crippen LogP contribution is 2.10. The summed E-state index contributed by atoms with van der Waals surface area (Å²) in [6, 6.07) is 0. The molecule has 0 bridgehead atoms. The van der Waals surface area contributed by atoms with E-state index in [1.807, 2.05) is 0 Å². The summed E-state index contributed by atoms with van der Waals surface area (Å²) in [5.41, 5.74) is 5.66. The molecule has 0 aromatic rings. The van der Waals surface area contributed by atoms with E-state index in [1.165, 1.54) is 0 Å². The molecule has 1 unspecified atom stereocenters. The Morgan fingerprint density at radius 3 is 2.39 bits per heavy atom. The maximum Gasteiger partial charge on any atom is 0.224 e. The standard InChI is InChI=1S/C14H31N3O/c1-5-8-17(6-2)9-7-16-14(18)13(11-15)10-12(3)4/h12-13H,5-11,15H2,1-4H3,(H,16,18). The molecule has 0 aliphatic carbocycles. The van der Waals surface area contributed by atoms with Gasteiger partial charge in [0, 0.05) is 19.6 Å². The lowest BCUT2D eigenvalue weighted by atomic mass is 9.96. The van der Waals surface area contributed by atoms with Gasteiger partial charge in [0.2, 0.25) is 5.91 Å². The van der Waals surface area contributed by atoms with E-state index in [1.54, 1.807) is 0 Å². The van der Waals surface area contributed by atoms with Gasteiger partial charge in [-0.05, 0) is 31.8 Å². The van der Waals surface area contributed by atoms with Crippen LogP contribution in [0.5, 0.6) is 0 Å². The summed E-state index contributed by atoms with van der Waals surface area (Å²) in [5, 5.41) is 3.00. The monoisotopic (exact) mass is 257 g/mol. The minimum absolute atomic E-state index is 0.0359. The molecule has 3 N–H and O–H groups in total. The van der Waals surface area contributed by atoms with E-state index in [4.69, 9.17) is 5.73 Å². The first-order valence-electron chi connectivity index (χ1n) is 7.25. The normalized spacial score (nSPS) is 13.1. The lowest BCUT2D eigenvalue weighted by Crippen LogP contribution is -2.40. The number of likely N-dealkylation sites (N-methyl/N-ethyl adjacent to an activating group) is 1. The third-order valence-corrected chi connectivity index (χ3v) is 3.13. The average molecular weight is 257 g/mol. The second-order valence-corrected chi connectivity index (χ2v) is 5.29. The van der Waals surface area contributed by atoms with Gasteiger partial charge in [-0.15, -0.1) is 0 Å². The summed E-state index contributed by atoms with van der Waals surface area (Å²) in [6.45, 7) is 12.8. The van der Waals surface area contributed by atoms with Gasteiger partial charge in [-0.2, -0.15) is 0 Å². The van der Waals surface area contributed by atoms with Crippen LogP contribution in [0.25, 0.3) is 0 Å². The van der Waals surface area contributed by atoms with Crippen molar-refractivity contribution < 1.29 is 4.79 Å². The van der Waals surface area contributed by atoms with E-state index < -0.39 is 0 Å². The fourth-order valence-electron chi connectivity index (χ4n) is 2.11. The highest BCUT2D eigenvalue weighted by Gasteiger charge is 2.17. The van der Waals surface area contributed by atoms with Crippen molar-refractivity contribution in [3.8, 4) is 0 Å². The van der Waals surface area contributed by atoms with Crippen LogP contribution < -0.4 is 11.1 Å². The smallest absolute Gasteiger partial charge is 0.224 e. The SMILES string of the molecule is CCCN(CC)CCNC(=O)C(CN)CC(C)C. The van der Waals surface area contributed by atoms with Gasteiger partial charge < -0.3 is 16.0 Å². The first-order chi connectivity index (χ1) is 8.54. The molecule has 0 aromatic carbocycles. The number of rotatable bonds is 10. The summed E-state index contributed by atoms with van der Waals surface area (Å²) in [5.74, 6) is 0.585. The summed E-state index contributed by atoms with van der Waals surface area (Å²) < 4.78 is 0. The lowest BCUT2D eigenvalue weighted by molar-refractivity contribution is -0.125. The number of nitrogens with two attached hydrogens (primary N) is 1. The van der Waals surface area contributed by atoms with Crippen LogP contribution in [0.15, 0.2) is 0 Å². The third-order valence-electron chi connectivity index (χ3n) is 3.13. The van der Waals surface area contributed by atoms with Crippen molar-refractivity contribution in [1.82, 2.24) is 10.2 Å². The van der Waals surface area contributed by atoms with Gasteiger partial charge in [0.1, 0.15) is 0 Å². The maximum atomic E-state index is 11.9. The average Bonchev–Trinajstić information content (AvgIpc) is 2.34. The highest BCUT2D eigenvalue weighted by molar-refractivity contribution is 5.78. The molecular weight excluding hydrogens is 226 g/mol. The van der Waals surface area contributed by atoms with Crippen LogP contribution in [0.1, 0.15) is 40.5 Å². The Morgan fingerprint density at radius 2 is 1.94 bits per heavy atom. The summed E-state index contributed by atoms with van der Waals surface area (Å²) in [6.07, 6.45) is 2.02. The number of nitrogens with one attached hydrogen (secondary N) is 1. The lowest BCUT2D eigenvalue weighted by Gasteiger charge is -2.21. The van der Waals surface area contributed by atoms with Gasteiger partial charge in [0.05, 0.1) is 5.92 Å². The van der Waals surface area contributed by atoms with Crippen molar-refractivity contribution in [3.63, 3.8) is 0 Å². The zero-order valence-electron chi connectivity index (χ0n) is 12.5. The molecular formula is C14H31N3O. The number of nitrogens with zero attached hydrogens (tertiary/aromatic N) is 1. The van der Waals surface area contributed by atoms with Crippen LogP contribution in [-0.2, 0) is 4.79 Å². The van der Waals surface area contributed by atoms with E-state index in [9.17, 15) is 4.79 Å². The van der Waals surface area contributed by atoms with Crippen LogP contribution in [0.4, 0.5) is 0 Å². The molecule has 0 fully saturated rings. The summed E-state index contributed by atoms with van der Waals surface area (Å²) in [7, 11) is 0. The van der Waals surface area contributed by atoms with E-state index in [0.29, 0.717) is 12.5 Å². The Bertz CT molecular complexity index is 219. The quantitative estimate of drug-likeness (QED) is 0.623. The number of hydrogen-bond donors (Lipinski definition) is 2. The Balaban J connectivity index is 3.92. The van der Waals surface area contributed by atoms with E-state index >= 15 is 0 Å². The van der Waals surface area contributed by atoms with E-state index in [0.717, 1.165) is 39.0 Å². The van der Waals surface area contributed by atoms with Crippen LogP contribution in [-0.4, -0.2) is 43.5 Å². The molecule has 0 saturated heterocycles. The molecule has 1 atom stereocenters. The summed E-state index contributed by atoms with van der Waals surface area (Å²) in [4.78, 5) is 14.3. The fraction of sp³-hybridized carbons (Fsp3) is 0.929. The zero-order chi connectivity index (χ0) is 14.0. The Morgan fingerprint density at radius 1 is 1.28 bits per heavy atom. The van der Waals surface area contributed by atoms with Crippen molar-refractivity contribution in [1.29, 1.82) is 0 Å². The molecule has 4 nitrogen and oxygen atoms in total. The van der Waals surface area contributed by atoms with Gasteiger partial charge >= 0.3 is 0 Å². The first kappa shape index (κ1) is 17.4. The second kappa shape index (κ2) is 10.3. The van der Waals surface area contributed by atoms with Crippen molar-refractivity contribution in [2.24, 2.45) is 17.6 Å². The minimum atomic E-state index is -0.0359. The molecule has 0 heterocycles. The molecule has 0 spiro atoms. The number of amides is 1. The number of hydrogen-bond acceptors (Lipinski definition) is 3. The predicted molar refractivity (Wildman–Crippen MR) is 77.4 cm³/mol. The highest BCUT2D eigenvalue weighted by atomic mass is 16.1. The van der Waals surface area contributed by atoms with Crippen LogP contribution in [0, 0.1) is 11.8 Å². The van der Waals surface area contributed by atoms with Crippen LogP contribution >= 0.6 is 0 Å². The zero-order valence-corrected chi connectivity index (χ0v) is 12.5. The molecule has 0 aliphatic heterocycles. The number of carbonyl (C=O) groups excluding carboxylic acids is 1. The molecule has 0 aliphatic rings. The van der Waals surface area contributed by atoms with Crippen molar-refractivity contribution in [2.75, 3.05) is 32.7 Å². The van der Waals surface area contributed by atoms with E-state index in [-0.39, 0.29) is 11.8 Å². The molecule has 18 heavy (non-hydrogen) atoms. The molecule has 0 radical (unpaired) electrons. The van der Waals surface area contributed by atoms with Crippen molar-refractivity contribution in [2.45, 2.75) is 40.5 Å². The molecule has 1 amide bonds. The number of carbonyl (C=O) groups is 1. The molecule has 4 heteroatoms. The Kier molecular flexibility index (Phi) is 9.98. The van der Waals surface area contributed by atoms with Crippen LogP contribution in [0.3, 0.4) is 0 Å². The Labute approximate surface area is 112 Å².